The molecule has 3 rings (SSSR count). The SMILES string of the molecule is CC(C)(C)c1cnc(CNC2CCc3ncnn3C2)o1. The molecule has 1 aliphatic rings. The quantitative estimate of drug-likeness (QED) is 0.922. The van der Waals surface area contributed by atoms with E-state index < -0.39 is 0 Å². The number of hydrogen-bond donors (Lipinski definition) is 1. The van der Waals surface area contributed by atoms with E-state index in [9.17, 15) is 0 Å². The number of nitrogens with one attached hydrogen (secondary N) is 1. The van der Waals surface area contributed by atoms with Gasteiger partial charge in [0.15, 0.2) is 0 Å². The normalized spacial score (nSPS) is 19.1. The number of fused-ring (bicyclic) bond motifs is 1. The van der Waals surface area contributed by atoms with Crippen molar-refractivity contribution in [2.75, 3.05) is 0 Å². The molecule has 0 aromatic carbocycles. The van der Waals surface area contributed by atoms with Gasteiger partial charge in [0.25, 0.3) is 0 Å². The van der Waals surface area contributed by atoms with Gasteiger partial charge in [-0.2, -0.15) is 5.10 Å². The molecular formula is C14H21N5O. The standard InChI is InChI=1S/C14H21N5O/c1-14(2,3)11-6-16-13(20-11)7-15-10-4-5-12-17-9-18-19(12)8-10/h6,9-10,15H,4-5,7-8H2,1-3H3. The van der Waals surface area contributed by atoms with Gasteiger partial charge in [0.2, 0.25) is 5.89 Å². The zero-order valence-electron chi connectivity index (χ0n) is 12.3. The Morgan fingerprint density at radius 1 is 1.40 bits per heavy atom. The summed E-state index contributed by atoms with van der Waals surface area (Å²) >= 11 is 0. The predicted octanol–water partition coefficient (Wildman–Crippen LogP) is 1.67. The molecule has 0 aliphatic carbocycles. The fourth-order valence-corrected chi connectivity index (χ4v) is 2.37. The molecule has 0 spiro atoms. The van der Waals surface area contributed by atoms with Crippen molar-refractivity contribution in [2.24, 2.45) is 0 Å². The summed E-state index contributed by atoms with van der Waals surface area (Å²) in [6.45, 7) is 7.89. The summed E-state index contributed by atoms with van der Waals surface area (Å²) in [4.78, 5) is 8.57. The van der Waals surface area contributed by atoms with Crippen molar-refractivity contribution in [3.05, 3.63) is 30.0 Å². The first-order valence-electron chi connectivity index (χ1n) is 7.07. The van der Waals surface area contributed by atoms with E-state index in [-0.39, 0.29) is 5.41 Å². The van der Waals surface area contributed by atoms with Crippen LogP contribution in [0.1, 0.15) is 44.7 Å². The second-order valence-electron chi connectivity index (χ2n) is 6.34. The van der Waals surface area contributed by atoms with Crippen LogP contribution in [0.2, 0.25) is 0 Å². The van der Waals surface area contributed by atoms with Gasteiger partial charge >= 0.3 is 0 Å². The molecule has 20 heavy (non-hydrogen) atoms. The first kappa shape index (κ1) is 13.3. The van der Waals surface area contributed by atoms with E-state index in [1.807, 2.05) is 10.9 Å². The smallest absolute Gasteiger partial charge is 0.208 e. The lowest BCUT2D eigenvalue weighted by Gasteiger charge is -2.23. The molecule has 1 N–H and O–H groups in total. The minimum atomic E-state index is 0.00567. The van der Waals surface area contributed by atoms with Gasteiger partial charge < -0.3 is 9.73 Å². The Balaban J connectivity index is 1.57. The summed E-state index contributed by atoms with van der Waals surface area (Å²) in [6, 6.07) is 0.397. The second kappa shape index (κ2) is 5.01. The van der Waals surface area contributed by atoms with Crippen LogP contribution in [0.3, 0.4) is 0 Å². The zero-order chi connectivity index (χ0) is 14.2. The average Bonchev–Trinajstić information content (AvgIpc) is 3.04. The highest BCUT2D eigenvalue weighted by atomic mass is 16.4. The molecule has 0 radical (unpaired) electrons. The van der Waals surface area contributed by atoms with E-state index in [4.69, 9.17) is 4.42 Å². The minimum Gasteiger partial charge on any atom is -0.444 e. The molecular weight excluding hydrogens is 254 g/mol. The molecule has 2 aromatic rings. The van der Waals surface area contributed by atoms with E-state index in [1.165, 1.54) is 0 Å². The van der Waals surface area contributed by atoms with Crippen LogP contribution in [0.5, 0.6) is 0 Å². The molecule has 2 aromatic heterocycles. The second-order valence-corrected chi connectivity index (χ2v) is 6.34. The van der Waals surface area contributed by atoms with Crippen LogP contribution in [0.25, 0.3) is 0 Å². The van der Waals surface area contributed by atoms with Gasteiger partial charge in [0.1, 0.15) is 17.9 Å². The van der Waals surface area contributed by atoms with Crippen molar-refractivity contribution in [2.45, 2.75) is 58.2 Å². The highest BCUT2D eigenvalue weighted by molar-refractivity contribution is 5.06. The van der Waals surface area contributed by atoms with Gasteiger partial charge in [-0.25, -0.2) is 14.6 Å². The first-order valence-corrected chi connectivity index (χ1v) is 7.07. The molecule has 108 valence electrons. The fraction of sp³-hybridized carbons (Fsp3) is 0.643. The number of rotatable bonds is 3. The molecule has 0 fully saturated rings. The third-order valence-corrected chi connectivity index (χ3v) is 3.64. The van der Waals surface area contributed by atoms with E-state index in [1.54, 1.807) is 6.33 Å². The maximum Gasteiger partial charge on any atom is 0.208 e. The summed E-state index contributed by atoms with van der Waals surface area (Å²) in [7, 11) is 0. The van der Waals surface area contributed by atoms with Gasteiger partial charge in [-0.15, -0.1) is 0 Å². The van der Waals surface area contributed by atoms with Crippen LogP contribution in [0.15, 0.2) is 16.9 Å². The van der Waals surface area contributed by atoms with Crippen molar-refractivity contribution < 1.29 is 4.42 Å². The fourth-order valence-electron chi connectivity index (χ4n) is 2.37. The highest BCUT2D eigenvalue weighted by Crippen LogP contribution is 2.22. The molecule has 3 heterocycles. The Labute approximate surface area is 118 Å². The number of oxazole rings is 1. The average molecular weight is 275 g/mol. The summed E-state index contributed by atoms with van der Waals surface area (Å²) in [6.07, 6.45) is 5.50. The monoisotopic (exact) mass is 275 g/mol. The molecule has 6 nitrogen and oxygen atoms in total. The third kappa shape index (κ3) is 2.75. The summed E-state index contributed by atoms with van der Waals surface area (Å²) in [5.74, 6) is 2.75. The Morgan fingerprint density at radius 2 is 2.25 bits per heavy atom. The van der Waals surface area contributed by atoms with Crippen LogP contribution in [0.4, 0.5) is 0 Å². The summed E-state index contributed by atoms with van der Waals surface area (Å²) in [5.41, 5.74) is 0.00567. The molecule has 0 amide bonds. The molecule has 1 atom stereocenters. The topological polar surface area (TPSA) is 68.8 Å². The van der Waals surface area contributed by atoms with Crippen molar-refractivity contribution in [3.8, 4) is 0 Å². The lowest BCUT2D eigenvalue weighted by Crippen LogP contribution is -2.37. The van der Waals surface area contributed by atoms with Gasteiger partial charge in [-0.05, 0) is 6.42 Å². The third-order valence-electron chi connectivity index (χ3n) is 3.64. The first-order chi connectivity index (χ1) is 9.52. The van der Waals surface area contributed by atoms with Crippen molar-refractivity contribution in [3.63, 3.8) is 0 Å². The summed E-state index contributed by atoms with van der Waals surface area (Å²) in [5, 5.41) is 7.71. The Bertz CT molecular complexity index is 580. The molecule has 0 bridgehead atoms. The van der Waals surface area contributed by atoms with Gasteiger partial charge in [0, 0.05) is 17.9 Å². The largest absolute Gasteiger partial charge is 0.444 e. The molecule has 0 saturated heterocycles. The maximum absolute atomic E-state index is 5.79. The summed E-state index contributed by atoms with van der Waals surface area (Å²) < 4.78 is 7.75. The molecule has 1 aliphatic heterocycles. The van der Waals surface area contributed by atoms with E-state index >= 15 is 0 Å². The van der Waals surface area contributed by atoms with Crippen LogP contribution in [-0.4, -0.2) is 25.8 Å². The Morgan fingerprint density at radius 3 is 3.00 bits per heavy atom. The minimum absolute atomic E-state index is 0.00567. The van der Waals surface area contributed by atoms with Crippen LogP contribution < -0.4 is 5.32 Å². The Hall–Kier alpha value is -1.69. The highest BCUT2D eigenvalue weighted by Gasteiger charge is 2.21. The van der Waals surface area contributed by atoms with Crippen molar-refractivity contribution in [1.82, 2.24) is 25.1 Å². The number of aromatic nitrogens is 4. The van der Waals surface area contributed by atoms with Gasteiger partial charge in [-0.1, -0.05) is 20.8 Å². The van der Waals surface area contributed by atoms with E-state index in [0.29, 0.717) is 12.6 Å². The van der Waals surface area contributed by atoms with E-state index in [2.05, 4.69) is 41.2 Å². The molecule has 6 heteroatoms. The number of nitrogens with zero attached hydrogens (tertiary/aromatic N) is 4. The van der Waals surface area contributed by atoms with Gasteiger partial charge in [0.05, 0.1) is 19.3 Å². The Kier molecular flexibility index (Phi) is 3.33. The van der Waals surface area contributed by atoms with Crippen LogP contribution in [-0.2, 0) is 24.9 Å². The lowest BCUT2D eigenvalue weighted by molar-refractivity contribution is 0.327. The van der Waals surface area contributed by atoms with Crippen LogP contribution >= 0.6 is 0 Å². The number of aryl methyl sites for hydroxylation is 1. The van der Waals surface area contributed by atoms with Crippen molar-refractivity contribution in [1.29, 1.82) is 0 Å². The molecule has 1 unspecified atom stereocenters. The van der Waals surface area contributed by atoms with Crippen molar-refractivity contribution >= 4 is 0 Å². The number of hydrogen-bond acceptors (Lipinski definition) is 5. The maximum atomic E-state index is 5.79. The van der Waals surface area contributed by atoms with E-state index in [0.717, 1.165) is 36.9 Å². The predicted molar refractivity (Wildman–Crippen MR) is 74.2 cm³/mol. The zero-order valence-corrected chi connectivity index (χ0v) is 12.3. The molecule has 0 saturated carbocycles. The van der Waals surface area contributed by atoms with Crippen LogP contribution in [0, 0.1) is 0 Å². The van der Waals surface area contributed by atoms with Gasteiger partial charge in [-0.3, -0.25) is 0 Å². The lowest BCUT2D eigenvalue weighted by atomic mass is 9.94.